The van der Waals surface area contributed by atoms with E-state index in [-0.39, 0.29) is 29.4 Å². The van der Waals surface area contributed by atoms with Gasteiger partial charge in [0.2, 0.25) is 0 Å². The second-order valence-electron chi connectivity index (χ2n) is 7.75. The number of halogens is 1. The van der Waals surface area contributed by atoms with E-state index in [1.54, 1.807) is 0 Å². The highest BCUT2D eigenvalue weighted by Gasteiger charge is 2.41. The maximum absolute atomic E-state index is 5.95. The maximum atomic E-state index is 5.95. The number of guanidine groups is 1. The van der Waals surface area contributed by atoms with Gasteiger partial charge >= 0.3 is 0 Å². The maximum Gasteiger partial charge on any atom is 0.191 e. The lowest BCUT2D eigenvalue weighted by Gasteiger charge is -2.27. The van der Waals surface area contributed by atoms with Crippen LogP contribution in [0.4, 0.5) is 0 Å². The summed E-state index contributed by atoms with van der Waals surface area (Å²) in [6, 6.07) is 9.01. The number of fused-ring (bicyclic) bond motifs is 2. The molecule has 0 aromatic heterocycles. The molecule has 25 heavy (non-hydrogen) atoms. The molecule has 2 N–H and O–H groups in total. The second-order valence-corrected chi connectivity index (χ2v) is 7.75. The number of hydrogen-bond acceptors (Lipinski definition) is 2. The third kappa shape index (κ3) is 4.88. The molecule has 1 aromatic rings. The molecule has 0 radical (unpaired) electrons. The van der Waals surface area contributed by atoms with Gasteiger partial charge in [-0.3, -0.25) is 4.99 Å². The molecule has 1 aromatic carbocycles. The van der Waals surface area contributed by atoms with E-state index in [1.165, 1.54) is 24.0 Å². The van der Waals surface area contributed by atoms with Crippen molar-refractivity contribution in [2.75, 3.05) is 13.1 Å². The van der Waals surface area contributed by atoms with E-state index in [1.807, 2.05) is 0 Å². The first-order chi connectivity index (χ1) is 11.5. The summed E-state index contributed by atoms with van der Waals surface area (Å²) >= 11 is 0. The van der Waals surface area contributed by atoms with Gasteiger partial charge in [0.1, 0.15) is 0 Å². The zero-order valence-electron chi connectivity index (χ0n) is 15.8. The Labute approximate surface area is 169 Å². The van der Waals surface area contributed by atoms with Gasteiger partial charge in [-0.1, -0.05) is 38.1 Å². The highest BCUT2D eigenvalue weighted by atomic mass is 127. The summed E-state index contributed by atoms with van der Waals surface area (Å²) in [5.74, 6) is 0.917. The Morgan fingerprint density at radius 2 is 2.04 bits per heavy atom. The van der Waals surface area contributed by atoms with Crippen LogP contribution in [0.2, 0.25) is 0 Å². The molecule has 4 nitrogen and oxygen atoms in total. The molecule has 3 atom stereocenters. The van der Waals surface area contributed by atoms with Crippen LogP contribution in [-0.2, 0) is 10.2 Å². The lowest BCUT2D eigenvalue weighted by molar-refractivity contribution is 0.0992. The predicted molar refractivity (Wildman–Crippen MR) is 115 cm³/mol. The van der Waals surface area contributed by atoms with Gasteiger partial charge in [0.15, 0.2) is 5.96 Å². The zero-order chi connectivity index (χ0) is 17.2. The SMILES string of the molecule is CCNC(=NCC(C)(C)c1ccccc1C)NC1CC2CCC1O2.I. The van der Waals surface area contributed by atoms with Crippen molar-refractivity contribution in [2.24, 2.45) is 4.99 Å². The van der Waals surface area contributed by atoms with Crippen molar-refractivity contribution in [1.29, 1.82) is 0 Å². The summed E-state index contributed by atoms with van der Waals surface area (Å²) in [6.07, 6.45) is 4.32. The van der Waals surface area contributed by atoms with Crippen molar-refractivity contribution >= 4 is 29.9 Å². The van der Waals surface area contributed by atoms with Gasteiger partial charge in [0, 0.05) is 12.0 Å². The fraction of sp³-hybridized carbons (Fsp3) is 0.650. The minimum absolute atomic E-state index is 0. The van der Waals surface area contributed by atoms with E-state index in [9.17, 15) is 0 Å². The molecule has 0 saturated carbocycles. The molecular formula is C20H32IN3O. The number of ether oxygens (including phenoxy) is 1. The highest BCUT2D eigenvalue weighted by Crippen LogP contribution is 2.34. The largest absolute Gasteiger partial charge is 0.373 e. The van der Waals surface area contributed by atoms with Gasteiger partial charge in [-0.2, -0.15) is 0 Å². The summed E-state index contributed by atoms with van der Waals surface area (Å²) in [4.78, 5) is 4.89. The molecule has 0 aliphatic carbocycles. The number of benzene rings is 1. The lowest BCUT2D eigenvalue weighted by atomic mass is 9.82. The van der Waals surface area contributed by atoms with Gasteiger partial charge in [0.25, 0.3) is 0 Å². The molecule has 2 bridgehead atoms. The molecule has 0 spiro atoms. The normalized spacial score (nSPS) is 25.6. The Kier molecular flexibility index (Phi) is 7.14. The van der Waals surface area contributed by atoms with Crippen LogP contribution in [-0.4, -0.2) is 37.3 Å². The van der Waals surface area contributed by atoms with Gasteiger partial charge in [-0.05, 0) is 44.2 Å². The standard InChI is InChI=1S/C20H31N3O.HI/c1-5-21-19(23-17-12-15-10-11-18(17)24-15)22-13-20(3,4)16-9-7-6-8-14(16)2;/h6-9,15,17-18H,5,10-13H2,1-4H3,(H2,21,22,23);1H. The number of aryl methyl sites for hydroxylation is 1. The van der Waals surface area contributed by atoms with Crippen LogP contribution in [0, 0.1) is 6.92 Å². The third-order valence-electron chi connectivity index (χ3n) is 5.28. The molecular weight excluding hydrogens is 425 g/mol. The molecule has 2 aliphatic rings. The third-order valence-corrected chi connectivity index (χ3v) is 5.28. The smallest absolute Gasteiger partial charge is 0.191 e. The van der Waals surface area contributed by atoms with E-state index >= 15 is 0 Å². The fourth-order valence-electron chi connectivity index (χ4n) is 3.98. The van der Waals surface area contributed by atoms with Crippen LogP contribution < -0.4 is 10.6 Å². The van der Waals surface area contributed by atoms with Crippen molar-refractivity contribution < 1.29 is 4.74 Å². The van der Waals surface area contributed by atoms with Crippen LogP contribution in [0.1, 0.15) is 51.2 Å². The Morgan fingerprint density at radius 1 is 1.28 bits per heavy atom. The molecule has 0 amide bonds. The number of nitrogens with zero attached hydrogens (tertiary/aromatic N) is 1. The Hall–Kier alpha value is -0.820. The number of hydrogen-bond donors (Lipinski definition) is 2. The first-order valence-corrected chi connectivity index (χ1v) is 9.26. The van der Waals surface area contributed by atoms with Gasteiger partial charge in [0.05, 0.1) is 24.8 Å². The lowest BCUT2D eigenvalue weighted by Crippen LogP contribution is -2.47. The summed E-state index contributed by atoms with van der Waals surface area (Å²) in [5, 5.41) is 6.99. The van der Waals surface area contributed by atoms with Crippen molar-refractivity contribution in [1.82, 2.24) is 10.6 Å². The molecule has 3 rings (SSSR count). The minimum Gasteiger partial charge on any atom is -0.373 e. The Balaban J connectivity index is 0.00000225. The van der Waals surface area contributed by atoms with Crippen LogP contribution >= 0.6 is 24.0 Å². The summed E-state index contributed by atoms with van der Waals surface area (Å²) in [6.45, 7) is 10.5. The van der Waals surface area contributed by atoms with Crippen molar-refractivity contribution in [3.05, 3.63) is 35.4 Å². The van der Waals surface area contributed by atoms with Gasteiger partial charge in [-0.25, -0.2) is 0 Å². The van der Waals surface area contributed by atoms with Crippen LogP contribution in [0.5, 0.6) is 0 Å². The topological polar surface area (TPSA) is 45.7 Å². The monoisotopic (exact) mass is 457 g/mol. The average Bonchev–Trinajstić information content (AvgIpc) is 3.16. The van der Waals surface area contributed by atoms with Crippen molar-refractivity contribution in [2.45, 2.75) is 70.6 Å². The molecule has 2 fully saturated rings. The first kappa shape index (κ1) is 20.5. The predicted octanol–water partition coefficient (Wildman–Crippen LogP) is 3.77. The molecule has 2 saturated heterocycles. The molecule has 2 aliphatic heterocycles. The molecule has 2 heterocycles. The summed E-state index contributed by atoms with van der Waals surface area (Å²) < 4.78 is 5.95. The molecule has 3 unspecified atom stereocenters. The molecule has 5 heteroatoms. The number of aliphatic imine (C=N–C) groups is 1. The highest BCUT2D eigenvalue weighted by molar-refractivity contribution is 14.0. The zero-order valence-corrected chi connectivity index (χ0v) is 18.2. The number of rotatable bonds is 5. The minimum atomic E-state index is 0. The van der Waals surface area contributed by atoms with Crippen molar-refractivity contribution in [3.63, 3.8) is 0 Å². The van der Waals surface area contributed by atoms with Crippen molar-refractivity contribution in [3.8, 4) is 0 Å². The average molecular weight is 457 g/mol. The summed E-state index contributed by atoms with van der Waals surface area (Å²) in [7, 11) is 0. The van der Waals surface area contributed by atoms with E-state index in [2.05, 4.69) is 62.6 Å². The summed E-state index contributed by atoms with van der Waals surface area (Å²) in [5.41, 5.74) is 2.71. The quantitative estimate of drug-likeness (QED) is 0.402. The first-order valence-electron chi connectivity index (χ1n) is 9.26. The fourth-order valence-corrected chi connectivity index (χ4v) is 3.98. The van der Waals surface area contributed by atoms with Crippen LogP contribution in [0.3, 0.4) is 0 Å². The van der Waals surface area contributed by atoms with E-state index in [0.29, 0.717) is 18.2 Å². The van der Waals surface area contributed by atoms with E-state index in [0.717, 1.165) is 25.5 Å². The molecule has 140 valence electrons. The van der Waals surface area contributed by atoms with E-state index < -0.39 is 0 Å². The van der Waals surface area contributed by atoms with Crippen LogP contribution in [0.25, 0.3) is 0 Å². The Bertz CT molecular complexity index is 602. The van der Waals surface area contributed by atoms with Crippen LogP contribution in [0.15, 0.2) is 29.3 Å². The van der Waals surface area contributed by atoms with Gasteiger partial charge < -0.3 is 15.4 Å². The number of nitrogens with one attached hydrogen (secondary N) is 2. The second kappa shape index (κ2) is 8.71. The van der Waals surface area contributed by atoms with E-state index in [4.69, 9.17) is 9.73 Å². The van der Waals surface area contributed by atoms with Gasteiger partial charge in [-0.15, -0.1) is 24.0 Å². The Morgan fingerprint density at radius 3 is 2.64 bits per heavy atom.